The molecule has 0 unspecified atom stereocenters. The summed E-state index contributed by atoms with van der Waals surface area (Å²) in [4.78, 5) is 0. The van der Waals surface area contributed by atoms with Crippen LogP contribution in [0.15, 0.2) is 41.1 Å². The predicted molar refractivity (Wildman–Crippen MR) is 72.2 cm³/mol. The van der Waals surface area contributed by atoms with E-state index >= 15 is 0 Å². The molecule has 1 N–H and O–H groups in total. The lowest BCUT2D eigenvalue weighted by Crippen LogP contribution is -1.98. The molecule has 2 rings (SSSR count). The highest BCUT2D eigenvalue weighted by Crippen LogP contribution is 2.17. The molecular formula is C14H17NS. The van der Waals surface area contributed by atoms with Crippen LogP contribution < -0.4 is 5.32 Å². The van der Waals surface area contributed by atoms with Crippen LogP contribution in [0.25, 0.3) is 0 Å². The van der Waals surface area contributed by atoms with Crippen molar-refractivity contribution < 1.29 is 0 Å². The minimum absolute atomic E-state index is 0.603. The molecule has 2 heteroatoms. The lowest BCUT2D eigenvalue weighted by atomic mass is 10.0. The second-order valence-electron chi connectivity index (χ2n) is 4.26. The third kappa shape index (κ3) is 2.86. The first kappa shape index (κ1) is 11.2. The van der Waals surface area contributed by atoms with E-state index in [2.05, 4.69) is 60.3 Å². The summed E-state index contributed by atoms with van der Waals surface area (Å²) >= 11 is 1.74. The zero-order valence-electron chi connectivity index (χ0n) is 9.73. The molecule has 0 fully saturated rings. The third-order valence-electron chi connectivity index (χ3n) is 2.65. The molecule has 0 aliphatic rings. The van der Waals surface area contributed by atoms with Crippen molar-refractivity contribution in [3.05, 3.63) is 52.2 Å². The number of benzene rings is 1. The first-order valence-corrected chi connectivity index (χ1v) is 6.55. The Balaban J connectivity index is 1.95. The van der Waals surface area contributed by atoms with Crippen molar-refractivity contribution in [3.63, 3.8) is 0 Å². The average Bonchev–Trinajstić information content (AvgIpc) is 2.80. The molecular weight excluding hydrogens is 214 g/mol. The lowest BCUT2D eigenvalue weighted by molar-refractivity contribution is 0.867. The van der Waals surface area contributed by atoms with Crippen LogP contribution in [0.1, 0.15) is 30.9 Å². The minimum Gasteiger partial charge on any atom is -0.381 e. The van der Waals surface area contributed by atoms with Crippen molar-refractivity contribution in [2.75, 3.05) is 5.32 Å². The molecule has 0 aliphatic carbocycles. The van der Waals surface area contributed by atoms with E-state index in [4.69, 9.17) is 0 Å². The highest BCUT2D eigenvalue weighted by molar-refractivity contribution is 7.07. The Bertz CT molecular complexity index is 415. The molecule has 1 aromatic heterocycles. The van der Waals surface area contributed by atoms with Crippen LogP contribution in [0.4, 0.5) is 5.69 Å². The van der Waals surface area contributed by atoms with Crippen LogP contribution >= 0.6 is 11.3 Å². The molecule has 1 aromatic carbocycles. The van der Waals surface area contributed by atoms with Crippen molar-refractivity contribution >= 4 is 17.0 Å². The monoisotopic (exact) mass is 231 g/mol. The van der Waals surface area contributed by atoms with Gasteiger partial charge in [0.05, 0.1) is 0 Å². The van der Waals surface area contributed by atoms with Gasteiger partial charge in [-0.1, -0.05) is 26.0 Å². The second-order valence-corrected chi connectivity index (χ2v) is 5.04. The Morgan fingerprint density at radius 1 is 1.12 bits per heavy atom. The van der Waals surface area contributed by atoms with E-state index in [-0.39, 0.29) is 0 Å². The number of hydrogen-bond donors (Lipinski definition) is 1. The zero-order chi connectivity index (χ0) is 11.4. The molecule has 0 bridgehead atoms. The van der Waals surface area contributed by atoms with Gasteiger partial charge in [-0.15, -0.1) is 0 Å². The Morgan fingerprint density at radius 3 is 2.44 bits per heavy atom. The maximum absolute atomic E-state index is 3.42. The second kappa shape index (κ2) is 5.17. The maximum atomic E-state index is 3.42. The molecule has 0 saturated heterocycles. The highest BCUT2D eigenvalue weighted by atomic mass is 32.1. The van der Waals surface area contributed by atoms with Gasteiger partial charge in [0, 0.05) is 12.2 Å². The predicted octanol–water partition coefficient (Wildman–Crippen LogP) is 4.48. The first-order valence-electron chi connectivity index (χ1n) is 5.60. The first-order chi connectivity index (χ1) is 7.75. The number of hydrogen-bond acceptors (Lipinski definition) is 2. The molecule has 16 heavy (non-hydrogen) atoms. The van der Waals surface area contributed by atoms with Gasteiger partial charge in [-0.05, 0) is 46.0 Å². The highest BCUT2D eigenvalue weighted by Gasteiger charge is 1.98. The largest absolute Gasteiger partial charge is 0.381 e. The van der Waals surface area contributed by atoms with Crippen LogP contribution in [-0.4, -0.2) is 0 Å². The standard InChI is InChI=1S/C14H17NS/c1-11(2)13-3-5-14(6-4-13)15-9-12-7-8-16-10-12/h3-8,10-11,15H,9H2,1-2H3. The van der Waals surface area contributed by atoms with E-state index in [0.717, 1.165) is 6.54 Å². The fraction of sp³-hybridized carbons (Fsp3) is 0.286. The van der Waals surface area contributed by atoms with Gasteiger partial charge >= 0.3 is 0 Å². The van der Waals surface area contributed by atoms with Crippen molar-refractivity contribution in [3.8, 4) is 0 Å². The summed E-state index contributed by atoms with van der Waals surface area (Å²) in [5, 5.41) is 7.71. The van der Waals surface area contributed by atoms with E-state index in [9.17, 15) is 0 Å². The smallest absolute Gasteiger partial charge is 0.0409 e. The SMILES string of the molecule is CC(C)c1ccc(NCc2ccsc2)cc1. The third-order valence-corrected chi connectivity index (χ3v) is 3.39. The van der Waals surface area contributed by atoms with Crippen molar-refractivity contribution in [1.29, 1.82) is 0 Å². The van der Waals surface area contributed by atoms with Crippen molar-refractivity contribution in [2.24, 2.45) is 0 Å². The van der Waals surface area contributed by atoms with Gasteiger partial charge in [0.15, 0.2) is 0 Å². The number of nitrogens with one attached hydrogen (secondary N) is 1. The summed E-state index contributed by atoms with van der Waals surface area (Å²) in [6, 6.07) is 10.9. The maximum Gasteiger partial charge on any atom is 0.0409 e. The Labute approximate surface area is 101 Å². The number of rotatable bonds is 4. The van der Waals surface area contributed by atoms with Gasteiger partial charge < -0.3 is 5.32 Å². The molecule has 0 atom stereocenters. The molecule has 0 amide bonds. The van der Waals surface area contributed by atoms with E-state index in [1.165, 1.54) is 16.8 Å². The van der Waals surface area contributed by atoms with Gasteiger partial charge in [0.2, 0.25) is 0 Å². The molecule has 1 nitrogen and oxygen atoms in total. The summed E-state index contributed by atoms with van der Waals surface area (Å²) in [6.07, 6.45) is 0. The number of anilines is 1. The molecule has 0 aliphatic heterocycles. The Morgan fingerprint density at radius 2 is 1.88 bits per heavy atom. The fourth-order valence-electron chi connectivity index (χ4n) is 1.58. The van der Waals surface area contributed by atoms with Gasteiger partial charge in [0.25, 0.3) is 0 Å². The van der Waals surface area contributed by atoms with Gasteiger partial charge in [-0.3, -0.25) is 0 Å². The zero-order valence-corrected chi connectivity index (χ0v) is 10.6. The van der Waals surface area contributed by atoms with Gasteiger partial charge in [0.1, 0.15) is 0 Å². The van der Waals surface area contributed by atoms with E-state index < -0.39 is 0 Å². The van der Waals surface area contributed by atoms with Gasteiger partial charge in [-0.25, -0.2) is 0 Å². The van der Waals surface area contributed by atoms with Crippen LogP contribution in [-0.2, 0) is 6.54 Å². The van der Waals surface area contributed by atoms with E-state index in [0.29, 0.717) is 5.92 Å². The van der Waals surface area contributed by atoms with Gasteiger partial charge in [-0.2, -0.15) is 11.3 Å². The number of thiophene rings is 1. The molecule has 0 radical (unpaired) electrons. The molecule has 2 aromatic rings. The minimum atomic E-state index is 0.603. The van der Waals surface area contributed by atoms with Crippen molar-refractivity contribution in [2.45, 2.75) is 26.3 Å². The van der Waals surface area contributed by atoms with Crippen LogP contribution in [0.3, 0.4) is 0 Å². The van der Waals surface area contributed by atoms with Crippen LogP contribution in [0, 0.1) is 0 Å². The molecule has 1 heterocycles. The molecule has 0 saturated carbocycles. The molecule has 0 spiro atoms. The normalized spacial score (nSPS) is 10.7. The summed E-state index contributed by atoms with van der Waals surface area (Å²) in [5.41, 5.74) is 3.93. The van der Waals surface area contributed by atoms with E-state index in [1.807, 2.05) is 0 Å². The fourth-order valence-corrected chi connectivity index (χ4v) is 2.25. The lowest BCUT2D eigenvalue weighted by Gasteiger charge is -2.08. The Kier molecular flexibility index (Phi) is 3.62. The molecule has 84 valence electrons. The van der Waals surface area contributed by atoms with E-state index in [1.54, 1.807) is 11.3 Å². The summed E-state index contributed by atoms with van der Waals surface area (Å²) in [6.45, 7) is 5.34. The summed E-state index contributed by atoms with van der Waals surface area (Å²) in [5.74, 6) is 0.603. The quantitative estimate of drug-likeness (QED) is 0.818. The average molecular weight is 231 g/mol. The topological polar surface area (TPSA) is 12.0 Å². The summed E-state index contributed by atoms with van der Waals surface area (Å²) < 4.78 is 0. The van der Waals surface area contributed by atoms with Crippen LogP contribution in [0.5, 0.6) is 0 Å². The van der Waals surface area contributed by atoms with Crippen LogP contribution in [0.2, 0.25) is 0 Å². The Hall–Kier alpha value is -1.28. The summed E-state index contributed by atoms with van der Waals surface area (Å²) in [7, 11) is 0. The van der Waals surface area contributed by atoms with Crippen molar-refractivity contribution in [1.82, 2.24) is 0 Å².